The maximum absolute atomic E-state index is 13.5. The molecule has 0 radical (unpaired) electrons. The highest BCUT2D eigenvalue weighted by atomic mass is 35.5. The average Bonchev–Trinajstić information content (AvgIpc) is 2.91. The highest BCUT2D eigenvalue weighted by molar-refractivity contribution is 7.19. The number of fused-ring (bicyclic) bond motifs is 1. The van der Waals surface area contributed by atoms with Gasteiger partial charge in [-0.2, -0.15) is 0 Å². The zero-order valence-corrected chi connectivity index (χ0v) is 17.5. The van der Waals surface area contributed by atoms with Gasteiger partial charge in [-0.3, -0.25) is 9.36 Å². The third kappa shape index (κ3) is 3.28. The van der Waals surface area contributed by atoms with Crippen LogP contribution in [0.4, 0.5) is 0 Å². The summed E-state index contributed by atoms with van der Waals surface area (Å²) in [6, 6.07) is 7.36. The summed E-state index contributed by atoms with van der Waals surface area (Å²) in [5.74, 6) is 0.0193. The van der Waals surface area contributed by atoms with E-state index in [9.17, 15) is 9.59 Å². The number of hydrogen-bond donors (Lipinski definition) is 0. The largest absolute Gasteiger partial charge is 0.464 e. The summed E-state index contributed by atoms with van der Waals surface area (Å²) in [5, 5.41) is 1.15. The van der Waals surface area contributed by atoms with E-state index in [-0.39, 0.29) is 12.2 Å². The summed E-state index contributed by atoms with van der Waals surface area (Å²) in [7, 11) is 0. The van der Waals surface area contributed by atoms with Gasteiger partial charge in [0, 0.05) is 15.5 Å². The van der Waals surface area contributed by atoms with Gasteiger partial charge < -0.3 is 4.74 Å². The molecule has 0 aliphatic rings. The van der Waals surface area contributed by atoms with Crippen molar-refractivity contribution in [3.8, 4) is 11.1 Å². The number of aromatic nitrogens is 2. The molecule has 0 saturated heterocycles. The Labute approximate surface area is 166 Å². The minimum absolute atomic E-state index is 0.246. The number of nitrogens with zero attached hydrogens (tertiary/aromatic N) is 2. The average molecular weight is 405 g/mol. The standard InChI is InChI=1S/C20H21ClN2O3S/c1-6-26-19(25)20(4,5)23-12(3)22-17-16(18(23)24)15(11(2)27-17)13-7-9-14(21)10-8-13/h7-10H,6H2,1-5H3. The van der Waals surface area contributed by atoms with Crippen LogP contribution in [0.25, 0.3) is 21.3 Å². The van der Waals surface area contributed by atoms with Crippen molar-refractivity contribution in [1.82, 2.24) is 9.55 Å². The Kier molecular flexibility index (Phi) is 5.14. The van der Waals surface area contributed by atoms with E-state index >= 15 is 0 Å². The number of carbonyl (C=O) groups excluding carboxylic acids is 1. The van der Waals surface area contributed by atoms with Gasteiger partial charge in [0.25, 0.3) is 5.56 Å². The molecule has 2 heterocycles. The molecule has 0 atom stereocenters. The summed E-state index contributed by atoms with van der Waals surface area (Å²) >= 11 is 7.48. The molecule has 27 heavy (non-hydrogen) atoms. The van der Waals surface area contributed by atoms with Crippen LogP contribution in [0.1, 0.15) is 31.5 Å². The smallest absolute Gasteiger partial charge is 0.331 e. The van der Waals surface area contributed by atoms with Crippen molar-refractivity contribution in [1.29, 1.82) is 0 Å². The molecule has 3 rings (SSSR count). The molecule has 0 aliphatic heterocycles. The van der Waals surface area contributed by atoms with E-state index in [0.717, 1.165) is 16.0 Å². The Balaban J connectivity index is 2.33. The fourth-order valence-corrected chi connectivity index (χ4v) is 4.49. The van der Waals surface area contributed by atoms with Crippen LogP contribution >= 0.6 is 22.9 Å². The topological polar surface area (TPSA) is 61.2 Å². The summed E-state index contributed by atoms with van der Waals surface area (Å²) in [6.07, 6.45) is 0. The second-order valence-electron chi connectivity index (χ2n) is 6.80. The molecule has 142 valence electrons. The van der Waals surface area contributed by atoms with E-state index in [1.165, 1.54) is 15.9 Å². The molecule has 2 aromatic heterocycles. The molecule has 0 amide bonds. The molecular formula is C20H21ClN2O3S. The van der Waals surface area contributed by atoms with Crippen molar-refractivity contribution in [2.24, 2.45) is 0 Å². The first-order chi connectivity index (χ1) is 12.7. The zero-order valence-electron chi connectivity index (χ0n) is 15.9. The molecule has 3 aromatic rings. The highest BCUT2D eigenvalue weighted by Crippen LogP contribution is 2.36. The predicted octanol–water partition coefficient (Wildman–Crippen LogP) is 4.69. The predicted molar refractivity (Wildman–Crippen MR) is 110 cm³/mol. The Morgan fingerprint density at radius 1 is 1.26 bits per heavy atom. The fraction of sp³-hybridized carbons (Fsp3) is 0.350. The van der Waals surface area contributed by atoms with Crippen molar-refractivity contribution in [3.63, 3.8) is 0 Å². The molecule has 0 bridgehead atoms. The monoisotopic (exact) mass is 404 g/mol. The van der Waals surface area contributed by atoms with Gasteiger partial charge in [-0.1, -0.05) is 23.7 Å². The Hall–Kier alpha value is -2.18. The lowest BCUT2D eigenvalue weighted by molar-refractivity contribution is -0.152. The quantitative estimate of drug-likeness (QED) is 0.591. The number of carbonyl (C=O) groups is 1. The van der Waals surface area contributed by atoms with Crippen LogP contribution in [0.5, 0.6) is 0 Å². The molecule has 0 fully saturated rings. The van der Waals surface area contributed by atoms with Gasteiger partial charge in [0.1, 0.15) is 16.2 Å². The molecule has 0 saturated carbocycles. The first kappa shape index (κ1) is 19.6. The maximum Gasteiger partial charge on any atom is 0.331 e. The van der Waals surface area contributed by atoms with Gasteiger partial charge in [-0.25, -0.2) is 9.78 Å². The Morgan fingerprint density at radius 3 is 2.48 bits per heavy atom. The summed E-state index contributed by atoms with van der Waals surface area (Å²) in [5.41, 5.74) is 0.319. The van der Waals surface area contributed by atoms with Crippen LogP contribution in [0.15, 0.2) is 29.1 Å². The van der Waals surface area contributed by atoms with Crippen LogP contribution in [-0.2, 0) is 15.1 Å². The van der Waals surface area contributed by atoms with Crippen LogP contribution in [-0.4, -0.2) is 22.1 Å². The van der Waals surface area contributed by atoms with Gasteiger partial charge in [0.2, 0.25) is 0 Å². The van der Waals surface area contributed by atoms with Gasteiger partial charge >= 0.3 is 5.97 Å². The minimum Gasteiger partial charge on any atom is -0.464 e. The molecule has 0 unspecified atom stereocenters. The number of halogens is 1. The van der Waals surface area contributed by atoms with Crippen LogP contribution in [0, 0.1) is 13.8 Å². The number of ether oxygens (including phenoxy) is 1. The van der Waals surface area contributed by atoms with Crippen molar-refractivity contribution >= 4 is 39.1 Å². The first-order valence-corrected chi connectivity index (χ1v) is 9.84. The first-order valence-electron chi connectivity index (χ1n) is 8.64. The third-order valence-corrected chi connectivity index (χ3v) is 5.79. The van der Waals surface area contributed by atoms with Crippen LogP contribution in [0.3, 0.4) is 0 Å². The van der Waals surface area contributed by atoms with Gasteiger partial charge in [0.05, 0.1) is 12.0 Å². The minimum atomic E-state index is -1.16. The molecule has 7 heteroatoms. The summed E-state index contributed by atoms with van der Waals surface area (Å²) in [4.78, 5) is 32.2. The fourth-order valence-electron chi connectivity index (χ4n) is 3.28. The van der Waals surface area contributed by atoms with Gasteiger partial charge in [-0.05, 0) is 52.3 Å². The molecule has 5 nitrogen and oxygen atoms in total. The number of thiophene rings is 1. The lowest BCUT2D eigenvalue weighted by Crippen LogP contribution is -2.45. The molecule has 0 N–H and O–H groups in total. The Bertz CT molecular complexity index is 1080. The van der Waals surface area contributed by atoms with E-state index in [2.05, 4.69) is 4.98 Å². The second kappa shape index (κ2) is 7.09. The lowest BCUT2D eigenvalue weighted by atomic mass is 10.0. The number of rotatable bonds is 4. The van der Waals surface area contributed by atoms with Crippen molar-refractivity contribution < 1.29 is 9.53 Å². The third-order valence-electron chi connectivity index (χ3n) is 4.54. The second-order valence-corrected chi connectivity index (χ2v) is 8.44. The van der Waals surface area contributed by atoms with Crippen LogP contribution < -0.4 is 5.56 Å². The maximum atomic E-state index is 13.5. The number of aryl methyl sites for hydroxylation is 2. The van der Waals surface area contributed by atoms with Gasteiger partial charge in [-0.15, -0.1) is 11.3 Å². The van der Waals surface area contributed by atoms with Crippen molar-refractivity contribution in [3.05, 3.63) is 50.3 Å². The highest BCUT2D eigenvalue weighted by Gasteiger charge is 2.35. The Morgan fingerprint density at radius 2 is 1.89 bits per heavy atom. The van der Waals surface area contributed by atoms with Gasteiger partial charge in [0.15, 0.2) is 0 Å². The van der Waals surface area contributed by atoms with E-state index in [1.54, 1.807) is 39.8 Å². The molecule has 0 aliphatic carbocycles. The van der Waals surface area contributed by atoms with Crippen molar-refractivity contribution in [2.45, 2.75) is 40.2 Å². The normalized spacial score (nSPS) is 11.8. The van der Waals surface area contributed by atoms with Crippen molar-refractivity contribution in [2.75, 3.05) is 6.61 Å². The van der Waals surface area contributed by atoms with E-state index < -0.39 is 11.5 Å². The van der Waals surface area contributed by atoms with Crippen LogP contribution in [0.2, 0.25) is 5.02 Å². The van der Waals surface area contributed by atoms with E-state index in [0.29, 0.717) is 21.1 Å². The lowest BCUT2D eigenvalue weighted by Gasteiger charge is -2.26. The number of hydrogen-bond acceptors (Lipinski definition) is 5. The summed E-state index contributed by atoms with van der Waals surface area (Å²) in [6.45, 7) is 9.04. The number of benzene rings is 1. The molecule has 0 spiro atoms. The SMILES string of the molecule is CCOC(=O)C(C)(C)n1c(C)nc2sc(C)c(-c3ccc(Cl)cc3)c2c1=O. The zero-order chi connectivity index (χ0) is 19.9. The molecule has 1 aromatic carbocycles. The summed E-state index contributed by atoms with van der Waals surface area (Å²) < 4.78 is 6.61. The molecular weight excluding hydrogens is 384 g/mol. The number of esters is 1. The van der Waals surface area contributed by atoms with E-state index in [1.807, 2.05) is 19.1 Å². The van der Waals surface area contributed by atoms with E-state index in [4.69, 9.17) is 16.3 Å².